The van der Waals surface area contributed by atoms with Crippen LogP contribution in [0.15, 0.2) is 29.8 Å². The van der Waals surface area contributed by atoms with Crippen molar-refractivity contribution in [3.63, 3.8) is 0 Å². The molecule has 3 nitrogen and oxygen atoms in total. The van der Waals surface area contributed by atoms with Crippen LogP contribution in [0.4, 0.5) is 0 Å². The molecule has 1 atom stereocenters. The van der Waals surface area contributed by atoms with Gasteiger partial charge in [-0.15, -0.1) is 0 Å². The number of Topliss-reactive ketones (excluding diaryl/α,β-unsaturated/α-hetero) is 2. The molecule has 0 saturated carbocycles. The zero-order valence-corrected chi connectivity index (χ0v) is 11.1. The Hall–Kier alpha value is -1.17. The minimum atomic E-state index is -0.406. The van der Waals surface area contributed by atoms with Gasteiger partial charge in [0.25, 0.3) is 0 Å². The van der Waals surface area contributed by atoms with E-state index >= 15 is 0 Å². The summed E-state index contributed by atoms with van der Waals surface area (Å²) in [5, 5.41) is 0. The first-order valence-electron chi connectivity index (χ1n) is 5.36. The summed E-state index contributed by atoms with van der Waals surface area (Å²) in [4.78, 5) is 23.9. The molecule has 0 bridgehead atoms. The summed E-state index contributed by atoms with van der Waals surface area (Å²) in [7, 11) is 0. The lowest BCUT2D eigenvalue weighted by atomic mass is 9.88. The van der Waals surface area contributed by atoms with Gasteiger partial charge in [0.15, 0.2) is 0 Å². The number of carbonyl (C=O) groups is 2. The number of rotatable bonds is 1. The summed E-state index contributed by atoms with van der Waals surface area (Å²) in [5.74, 6) is -0.185. The molecule has 2 aliphatic rings. The van der Waals surface area contributed by atoms with Crippen LogP contribution < -0.4 is 0 Å². The average Bonchev–Trinajstić information content (AvgIpc) is 2.80. The monoisotopic (exact) mass is 340 g/mol. The molecule has 1 aromatic rings. The van der Waals surface area contributed by atoms with E-state index in [0.29, 0.717) is 23.3 Å². The van der Waals surface area contributed by atoms with Gasteiger partial charge in [-0.3, -0.25) is 9.59 Å². The fraction of sp³-hybridized carbons (Fsp3) is 0.231. The Morgan fingerprint density at radius 1 is 1.18 bits per heavy atom. The van der Waals surface area contributed by atoms with Crippen LogP contribution in [0.5, 0.6) is 0 Å². The smallest absolute Gasteiger partial charge is 0.234 e. The highest BCUT2D eigenvalue weighted by Gasteiger charge is 2.39. The normalized spacial score (nSPS) is 22.3. The van der Waals surface area contributed by atoms with E-state index in [1.54, 1.807) is 12.1 Å². The van der Waals surface area contributed by atoms with Gasteiger partial charge >= 0.3 is 0 Å². The number of carbonyl (C=O) groups excluding carboxylic acids is 2. The Labute approximate surface area is 112 Å². The molecule has 0 fully saturated rings. The van der Waals surface area contributed by atoms with Crippen molar-refractivity contribution in [3.8, 4) is 0 Å². The van der Waals surface area contributed by atoms with E-state index in [4.69, 9.17) is 4.74 Å². The highest BCUT2D eigenvalue weighted by molar-refractivity contribution is 14.1. The fourth-order valence-electron chi connectivity index (χ4n) is 2.25. The lowest BCUT2D eigenvalue weighted by Gasteiger charge is -2.15. The molecule has 3 rings (SSSR count). The van der Waals surface area contributed by atoms with Crippen molar-refractivity contribution in [1.29, 1.82) is 0 Å². The number of fused-ring (bicyclic) bond motifs is 2. The molecule has 86 valence electrons. The van der Waals surface area contributed by atoms with Gasteiger partial charge in [0, 0.05) is 27.5 Å². The molecule has 1 aliphatic heterocycles. The maximum atomic E-state index is 11.9. The standard InChI is InChI=1S/C13H9IO3/c14-6-7-5-10-12(16)11(15)8-3-1-2-4-9(8)13(10)17-7/h1-4,7H,5-6H2. The molecule has 0 amide bonds. The molecule has 0 aromatic heterocycles. The van der Waals surface area contributed by atoms with Crippen molar-refractivity contribution in [1.82, 2.24) is 0 Å². The Bertz CT molecular complexity index is 560. The molecule has 17 heavy (non-hydrogen) atoms. The highest BCUT2D eigenvalue weighted by atomic mass is 127. The summed E-state index contributed by atoms with van der Waals surface area (Å²) in [6, 6.07) is 7.14. The van der Waals surface area contributed by atoms with Gasteiger partial charge in [-0.1, -0.05) is 46.9 Å². The minimum Gasteiger partial charge on any atom is -0.488 e. The van der Waals surface area contributed by atoms with Crippen LogP contribution in [0.25, 0.3) is 5.76 Å². The molecule has 1 aromatic carbocycles. The largest absolute Gasteiger partial charge is 0.488 e. The van der Waals surface area contributed by atoms with E-state index in [0.717, 1.165) is 9.99 Å². The van der Waals surface area contributed by atoms with Crippen molar-refractivity contribution >= 4 is 39.9 Å². The second-order valence-corrected chi connectivity index (χ2v) is 4.99. The zero-order valence-electron chi connectivity index (χ0n) is 8.90. The van der Waals surface area contributed by atoms with Gasteiger partial charge in [0.05, 0.1) is 0 Å². The van der Waals surface area contributed by atoms with E-state index in [9.17, 15) is 9.59 Å². The molecule has 1 unspecified atom stereocenters. The third kappa shape index (κ3) is 1.54. The third-order valence-corrected chi connectivity index (χ3v) is 4.04. The van der Waals surface area contributed by atoms with Crippen molar-refractivity contribution in [3.05, 3.63) is 41.0 Å². The van der Waals surface area contributed by atoms with Crippen molar-refractivity contribution in [2.75, 3.05) is 4.43 Å². The Kier molecular flexibility index (Phi) is 2.54. The first-order chi connectivity index (χ1) is 8.22. The number of hydrogen-bond acceptors (Lipinski definition) is 3. The summed E-state index contributed by atoms with van der Waals surface area (Å²) in [6.07, 6.45) is 0.570. The molecular weight excluding hydrogens is 331 g/mol. The van der Waals surface area contributed by atoms with Crippen LogP contribution in [-0.2, 0) is 9.53 Å². The molecule has 1 aliphatic carbocycles. The number of halogens is 1. The van der Waals surface area contributed by atoms with E-state index < -0.39 is 11.6 Å². The number of hydrogen-bond donors (Lipinski definition) is 0. The molecule has 0 spiro atoms. The maximum Gasteiger partial charge on any atom is 0.234 e. The summed E-state index contributed by atoms with van der Waals surface area (Å²) in [5.41, 5.74) is 1.78. The maximum absolute atomic E-state index is 11.9. The first kappa shape index (κ1) is 11.0. The van der Waals surface area contributed by atoms with Crippen molar-refractivity contribution in [2.24, 2.45) is 0 Å². The van der Waals surface area contributed by atoms with Crippen molar-refractivity contribution < 1.29 is 14.3 Å². The van der Waals surface area contributed by atoms with E-state index in [1.807, 2.05) is 12.1 Å². The van der Waals surface area contributed by atoms with Gasteiger partial charge < -0.3 is 4.74 Å². The van der Waals surface area contributed by atoms with Crippen LogP contribution in [-0.4, -0.2) is 22.1 Å². The molecular formula is C13H9IO3. The van der Waals surface area contributed by atoms with Crippen LogP contribution in [0, 0.1) is 0 Å². The van der Waals surface area contributed by atoms with E-state index in [2.05, 4.69) is 22.6 Å². The van der Waals surface area contributed by atoms with Gasteiger partial charge in [-0.05, 0) is 0 Å². The first-order valence-corrected chi connectivity index (χ1v) is 6.89. The Morgan fingerprint density at radius 2 is 1.88 bits per heavy atom. The average molecular weight is 340 g/mol. The van der Waals surface area contributed by atoms with Crippen LogP contribution in [0.2, 0.25) is 0 Å². The minimum absolute atomic E-state index is 0.0171. The Balaban J connectivity index is 2.17. The van der Waals surface area contributed by atoms with E-state index in [1.165, 1.54) is 0 Å². The van der Waals surface area contributed by atoms with Crippen LogP contribution >= 0.6 is 22.6 Å². The number of ketones is 2. The van der Waals surface area contributed by atoms with Gasteiger partial charge in [-0.25, -0.2) is 0 Å². The summed E-state index contributed by atoms with van der Waals surface area (Å²) < 4.78 is 6.57. The number of ether oxygens (including phenoxy) is 1. The lowest BCUT2D eigenvalue weighted by molar-refractivity contribution is -0.112. The predicted octanol–water partition coefficient (Wildman–Crippen LogP) is 2.39. The SMILES string of the molecule is O=C1C(=O)c2ccccc2C2=C1CC(CI)O2. The second-order valence-electron chi connectivity index (χ2n) is 4.11. The number of benzene rings is 1. The van der Waals surface area contributed by atoms with Crippen LogP contribution in [0.1, 0.15) is 22.3 Å². The van der Waals surface area contributed by atoms with Gasteiger partial charge in [-0.2, -0.15) is 0 Å². The summed E-state index contributed by atoms with van der Waals surface area (Å²) in [6.45, 7) is 0. The highest BCUT2D eigenvalue weighted by Crippen LogP contribution is 2.39. The zero-order chi connectivity index (χ0) is 12.0. The van der Waals surface area contributed by atoms with E-state index in [-0.39, 0.29) is 6.10 Å². The second kappa shape index (κ2) is 3.94. The molecule has 0 saturated heterocycles. The Morgan fingerprint density at radius 3 is 2.59 bits per heavy atom. The predicted molar refractivity (Wildman–Crippen MR) is 71.1 cm³/mol. The lowest BCUT2D eigenvalue weighted by Crippen LogP contribution is -2.22. The fourth-order valence-corrected chi connectivity index (χ4v) is 2.74. The van der Waals surface area contributed by atoms with Gasteiger partial charge in [0.2, 0.25) is 11.6 Å². The molecule has 0 radical (unpaired) electrons. The molecule has 4 heteroatoms. The van der Waals surface area contributed by atoms with Gasteiger partial charge in [0.1, 0.15) is 11.9 Å². The van der Waals surface area contributed by atoms with Crippen molar-refractivity contribution in [2.45, 2.75) is 12.5 Å². The molecule has 0 N–H and O–H groups in total. The third-order valence-electron chi connectivity index (χ3n) is 3.06. The quantitative estimate of drug-likeness (QED) is 0.448. The summed E-state index contributed by atoms with van der Waals surface area (Å²) >= 11 is 2.23. The van der Waals surface area contributed by atoms with Crippen LogP contribution in [0.3, 0.4) is 0 Å². The topological polar surface area (TPSA) is 43.4 Å². The number of alkyl halides is 1. The molecule has 1 heterocycles.